The number of rotatable bonds is 3. The number of nitrogens with two attached hydrogens (primary N) is 1. The fourth-order valence-corrected chi connectivity index (χ4v) is 2.12. The first-order valence-electron chi connectivity index (χ1n) is 5.99. The van der Waals surface area contributed by atoms with Crippen LogP contribution in [0.4, 0.5) is 0 Å². The standard InChI is InChI=1S/C11H20N2O4/c12-11(2-5-16-6-3-11)9(14)13-7-10(15)1-4-17-8-10/h15H,1-8,12H2,(H,13,14). The second-order valence-corrected chi connectivity index (χ2v) is 4.98. The van der Waals surface area contributed by atoms with E-state index < -0.39 is 11.1 Å². The summed E-state index contributed by atoms with van der Waals surface area (Å²) in [5, 5.41) is 12.7. The van der Waals surface area contributed by atoms with Crippen molar-refractivity contribution in [1.29, 1.82) is 0 Å². The van der Waals surface area contributed by atoms with Gasteiger partial charge in [-0.05, 0) is 12.8 Å². The van der Waals surface area contributed by atoms with E-state index in [4.69, 9.17) is 15.2 Å². The molecular formula is C11H20N2O4. The van der Waals surface area contributed by atoms with Gasteiger partial charge in [0.15, 0.2) is 0 Å². The van der Waals surface area contributed by atoms with E-state index in [-0.39, 0.29) is 19.1 Å². The van der Waals surface area contributed by atoms with Gasteiger partial charge in [-0.25, -0.2) is 0 Å². The summed E-state index contributed by atoms with van der Waals surface area (Å²) >= 11 is 0. The lowest BCUT2D eigenvalue weighted by molar-refractivity contribution is -0.131. The maximum Gasteiger partial charge on any atom is 0.240 e. The van der Waals surface area contributed by atoms with Crippen molar-refractivity contribution in [2.75, 3.05) is 33.0 Å². The Balaban J connectivity index is 1.84. The van der Waals surface area contributed by atoms with Gasteiger partial charge in [-0.1, -0.05) is 0 Å². The molecule has 1 unspecified atom stereocenters. The van der Waals surface area contributed by atoms with Crippen molar-refractivity contribution in [3.05, 3.63) is 0 Å². The van der Waals surface area contributed by atoms with Gasteiger partial charge in [0.25, 0.3) is 0 Å². The van der Waals surface area contributed by atoms with E-state index >= 15 is 0 Å². The van der Waals surface area contributed by atoms with E-state index in [9.17, 15) is 9.90 Å². The minimum Gasteiger partial charge on any atom is -0.386 e. The molecule has 0 radical (unpaired) electrons. The average Bonchev–Trinajstić information content (AvgIpc) is 2.75. The smallest absolute Gasteiger partial charge is 0.240 e. The predicted octanol–water partition coefficient (Wildman–Crippen LogP) is -1.24. The largest absolute Gasteiger partial charge is 0.386 e. The predicted molar refractivity (Wildman–Crippen MR) is 60.4 cm³/mol. The van der Waals surface area contributed by atoms with Crippen LogP contribution in [0, 0.1) is 0 Å². The molecule has 2 aliphatic rings. The fourth-order valence-electron chi connectivity index (χ4n) is 2.12. The number of carbonyl (C=O) groups is 1. The zero-order valence-corrected chi connectivity index (χ0v) is 9.91. The van der Waals surface area contributed by atoms with Crippen molar-refractivity contribution in [3.8, 4) is 0 Å². The molecule has 0 saturated carbocycles. The van der Waals surface area contributed by atoms with Crippen LogP contribution in [0.15, 0.2) is 0 Å². The zero-order valence-electron chi connectivity index (χ0n) is 9.91. The second-order valence-electron chi connectivity index (χ2n) is 4.98. The molecule has 0 spiro atoms. The number of carbonyl (C=O) groups excluding carboxylic acids is 1. The summed E-state index contributed by atoms with van der Waals surface area (Å²) in [4.78, 5) is 12.0. The first-order valence-corrected chi connectivity index (χ1v) is 5.99. The Bertz CT molecular complexity index is 283. The topological polar surface area (TPSA) is 93.8 Å². The Labute approximate surface area is 100 Å². The number of amides is 1. The van der Waals surface area contributed by atoms with Gasteiger partial charge < -0.3 is 25.6 Å². The molecular weight excluding hydrogens is 224 g/mol. The van der Waals surface area contributed by atoms with Gasteiger partial charge in [-0.2, -0.15) is 0 Å². The third-order valence-corrected chi connectivity index (χ3v) is 3.50. The van der Waals surface area contributed by atoms with E-state index in [2.05, 4.69) is 5.32 Å². The van der Waals surface area contributed by atoms with Crippen molar-refractivity contribution < 1.29 is 19.4 Å². The van der Waals surface area contributed by atoms with Crippen molar-refractivity contribution in [2.24, 2.45) is 5.73 Å². The van der Waals surface area contributed by atoms with E-state index in [1.807, 2.05) is 0 Å². The molecule has 2 aliphatic heterocycles. The average molecular weight is 244 g/mol. The molecule has 0 aromatic heterocycles. The lowest BCUT2D eigenvalue weighted by Gasteiger charge is -2.33. The molecule has 2 rings (SSSR count). The molecule has 17 heavy (non-hydrogen) atoms. The summed E-state index contributed by atoms with van der Waals surface area (Å²) in [5.41, 5.74) is 4.24. The van der Waals surface area contributed by atoms with Crippen LogP contribution in [0.5, 0.6) is 0 Å². The van der Waals surface area contributed by atoms with Gasteiger partial charge in [-0.3, -0.25) is 4.79 Å². The van der Waals surface area contributed by atoms with Gasteiger partial charge in [0.05, 0.1) is 12.1 Å². The third kappa shape index (κ3) is 2.95. The molecule has 0 aromatic carbocycles. The van der Waals surface area contributed by atoms with Crippen molar-refractivity contribution in [2.45, 2.75) is 30.4 Å². The molecule has 6 nitrogen and oxygen atoms in total. The van der Waals surface area contributed by atoms with Crippen molar-refractivity contribution >= 4 is 5.91 Å². The summed E-state index contributed by atoms with van der Waals surface area (Å²) < 4.78 is 10.3. The van der Waals surface area contributed by atoms with Crippen LogP contribution in [0.3, 0.4) is 0 Å². The minimum absolute atomic E-state index is 0.200. The SMILES string of the molecule is NC1(C(=O)NCC2(O)CCOC2)CCOCC1. The van der Waals surface area contributed by atoms with Crippen LogP contribution in [0.2, 0.25) is 0 Å². The molecule has 98 valence electrons. The number of nitrogens with one attached hydrogen (secondary N) is 1. The number of hydrogen-bond acceptors (Lipinski definition) is 5. The molecule has 1 amide bonds. The molecule has 2 saturated heterocycles. The zero-order chi connectivity index (χ0) is 12.4. The molecule has 0 aromatic rings. The van der Waals surface area contributed by atoms with Gasteiger partial charge in [0.2, 0.25) is 5.91 Å². The highest BCUT2D eigenvalue weighted by molar-refractivity contribution is 5.86. The lowest BCUT2D eigenvalue weighted by Crippen LogP contribution is -2.59. The van der Waals surface area contributed by atoms with Crippen molar-refractivity contribution in [1.82, 2.24) is 5.32 Å². The van der Waals surface area contributed by atoms with E-state index in [1.54, 1.807) is 0 Å². The number of ether oxygens (including phenoxy) is 2. The third-order valence-electron chi connectivity index (χ3n) is 3.50. The van der Waals surface area contributed by atoms with E-state index in [0.29, 0.717) is 39.1 Å². The highest BCUT2D eigenvalue weighted by Crippen LogP contribution is 2.20. The number of hydrogen-bond donors (Lipinski definition) is 3. The quantitative estimate of drug-likeness (QED) is 0.577. The number of aliphatic hydroxyl groups is 1. The summed E-state index contributed by atoms with van der Waals surface area (Å²) in [6.45, 7) is 2.03. The summed E-state index contributed by atoms with van der Waals surface area (Å²) in [5.74, 6) is -0.207. The van der Waals surface area contributed by atoms with Gasteiger partial charge >= 0.3 is 0 Å². The maximum atomic E-state index is 12.0. The summed E-state index contributed by atoms with van der Waals surface area (Å²) in [7, 11) is 0. The Kier molecular flexibility index (Phi) is 3.67. The molecule has 0 aliphatic carbocycles. The van der Waals surface area contributed by atoms with Crippen LogP contribution in [-0.4, -0.2) is 55.1 Å². The fraction of sp³-hybridized carbons (Fsp3) is 0.909. The molecule has 0 bridgehead atoms. The summed E-state index contributed by atoms with van der Waals surface area (Å²) in [6.07, 6.45) is 1.59. The monoisotopic (exact) mass is 244 g/mol. The Morgan fingerprint density at radius 3 is 2.47 bits per heavy atom. The van der Waals surface area contributed by atoms with Crippen LogP contribution in [0.25, 0.3) is 0 Å². The minimum atomic E-state index is -0.933. The summed E-state index contributed by atoms with van der Waals surface area (Å²) in [6, 6.07) is 0. The highest BCUT2D eigenvalue weighted by atomic mass is 16.5. The van der Waals surface area contributed by atoms with Crippen LogP contribution < -0.4 is 11.1 Å². The normalized spacial score (nSPS) is 32.4. The van der Waals surface area contributed by atoms with Crippen LogP contribution in [0.1, 0.15) is 19.3 Å². The van der Waals surface area contributed by atoms with Gasteiger partial charge in [0, 0.05) is 32.8 Å². The highest BCUT2D eigenvalue weighted by Gasteiger charge is 2.38. The Morgan fingerprint density at radius 2 is 1.88 bits per heavy atom. The van der Waals surface area contributed by atoms with E-state index in [1.165, 1.54) is 0 Å². The molecule has 1 atom stereocenters. The molecule has 6 heteroatoms. The maximum absolute atomic E-state index is 12.0. The lowest BCUT2D eigenvalue weighted by atomic mass is 9.90. The Hall–Kier alpha value is -0.690. The second kappa shape index (κ2) is 4.89. The molecule has 4 N–H and O–H groups in total. The van der Waals surface area contributed by atoms with Crippen molar-refractivity contribution in [3.63, 3.8) is 0 Å². The van der Waals surface area contributed by atoms with Crippen LogP contribution in [-0.2, 0) is 14.3 Å². The first kappa shape index (κ1) is 12.8. The Morgan fingerprint density at radius 1 is 1.24 bits per heavy atom. The molecule has 2 heterocycles. The van der Waals surface area contributed by atoms with E-state index in [0.717, 1.165) is 0 Å². The van der Waals surface area contributed by atoms with Gasteiger partial charge in [-0.15, -0.1) is 0 Å². The van der Waals surface area contributed by atoms with Gasteiger partial charge in [0.1, 0.15) is 5.60 Å². The molecule has 2 fully saturated rings. The first-order chi connectivity index (χ1) is 8.04. The van der Waals surface area contributed by atoms with Crippen LogP contribution >= 0.6 is 0 Å².